The molecule has 0 aliphatic rings. The molecule has 0 spiro atoms. The number of hydrogen-bond donors (Lipinski definition) is 3. The first kappa shape index (κ1) is 19.4. The monoisotopic (exact) mass is 428 g/mol. The van der Waals surface area contributed by atoms with Crippen LogP contribution in [0.25, 0.3) is 21.9 Å². The largest absolute Gasteiger partial charge is 0.361 e. The number of pyridine rings is 1. The van der Waals surface area contributed by atoms with E-state index < -0.39 is 17.3 Å². The van der Waals surface area contributed by atoms with E-state index in [2.05, 4.69) is 25.6 Å². The van der Waals surface area contributed by atoms with Gasteiger partial charge < -0.3 is 15.6 Å². The lowest BCUT2D eigenvalue weighted by Gasteiger charge is -2.11. The molecule has 2 aromatic carbocycles. The highest BCUT2D eigenvalue weighted by Crippen LogP contribution is 2.21. The van der Waals surface area contributed by atoms with E-state index in [9.17, 15) is 14.0 Å². The molecule has 32 heavy (non-hydrogen) atoms. The molecule has 3 heterocycles. The Hall–Kier alpha value is -4.53. The van der Waals surface area contributed by atoms with Crippen LogP contribution in [0.2, 0.25) is 0 Å². The van der Waals surface area contributed by atoms with E-state index in [4.69, 9.17) is 0 Å². The molecule has 1 amide bonds. The number of fused-ring (bicyclic) bond motifs is 2. The number of rotatable bonds is 4. The van der Waals surface area contributed by atoms with Crippen LogP contribution in [0.3, 0.4) is 0 Å². The third kappa shape index (κ3) is 3.56. The second-order valence-electron chi connectivity index (χ2n) is 7.26. The molecule has 0 bridgehead atoms. The zero-order valence-corrected chi connectivity index (χ0v) is 16.9. The summed E-state index contributed by atoms with van der Waals surface area (Å²) in [6, 6.07) is 14.5. The number of carbonyl (C=O) groups excluding carboxylic acids is 1. The van der Waals surface area contributed by atoms with Crippen LogP contribution in [0.5, 0.6) is 0 Å². The average Bonchev–Trinajstić information content (AvgIpc) is 3.26. The van der Waals surface area contributed by atoms with Crippen molar-refractivity contribution in [3.63, 3.8) is 0 Å². The van der Waals surface area contributed by atoms with Crippen LogP contribution in [0.4, 0.5) is 21.7 Å². The number of hydrogen-bond acceptors (Lipinski definition) is 5. The SMILES string of the molecule is Cn1c(=O)c(C(=O)Nc2ccc(F)cc2)cc2cnc(Nc3ccc4[nH]ccc4c3)nc21. The van der Waals surface area contributed by atoms with Crippen LogP contribution in [0, 0.1) is 5.82 Å². The van der Waals surface area contributed by atoms with Gasteiger partial charge in [-0.25, -0.2) is 9.37 Å². The maximum absolute atomic E-state index is 13.1. The minimum absolute atomic E-state index is 0.0634. The van der Waals surface area contributed by atoms with Crippen LogP contribution in [-0.4, -0.2) is 25.4 Å². The fourth-order valence-electron chi connectivity index (χ4n) is 3.46. The lowest BCUT2D eigenvalue weighted by Crippen LogP contribution is -2.28. The van der Waals surface area contributed by atoms with Gasteiger partial charge in [-0.3, -0.25) is 14.2 Å². The van der Waals surface area contributed by atoms with Gasteiger partial charge in [0.1, 0.15) is 17.0 Å². The predicted molar refractivity (Wildman–Crippen MR) is 121 cm³/mol. The number of carbonyl (C=O) groups is 1. The van der Waals surface area contributed by atoms with E-state index in [1.54, 1.807) is 13.2 Å². The highest BCUT2D eigenvalue weighted by atomic mass is 19.1. The van der Waals surface area contributed by atoms with Crippen molar-refractivity contribution in [2.45, 2.75) is 0 Å². The number of anilines is 3. The quantitative estimate of drug-likeness (QED) is 0.402. The van der Waals surface area contributed by atoms with Crippen molar-refractivity contribution < 1.29 is 9.18 Å². The summed E-state index contributed by atoms with van der Waals surface area (Å²) >= 11 is 0. The molecule has 3 N–H and O–H groups in total. The molecule has 0 aliphatic heterocycles. The van der Waals surface area contributed by atoms with Crippen LogP contribution >= 0.6 is 0 Å². The number of nitrogens with zero attached hydrogens (tertiary/aromatic N) is 3. The third-order valence-electron chi connectivity index (χ3n) is 5.10. The number of amides is 1. The number of aromatic amines is 1. The first-order chi connectivity index (χ1) is 15.5. The molecule has 0 saturated heterocycles. The summed E-state index contributed by atoms with van der Waals surface area (Å²) in [5, 5.41) is 7.31. The Morgan fingerprint density at radius 3 is 2.62 bits per heavy atom. The summed E-state index contributed by atoms with van der Waals surface area (Å²) in [6.45, 7) is 0. The van der Waals surface area contributed by atoms with Crippen LogP contribution in [0.1, 0.15) is 10.4 Å². The highest BCUT2D eigenvalue weighted by Gasteiger charge is 2.16. The fraction of sp³-hybridized carbons (Fsp3) is 0.0435. The average molecular weight is 428 g/mol. The van der Waals surface area contributed by atoms with Gasteiger partial charge in [0, 0.05) is 47.1 Å². The molecule has 0 radical (unpaired) electrons. The zero-order chi connectivity index (χ0) is 22.2. The van der Waals surface area contributed by atoms with Gasteiger partial charge >= 0.3 is 0 Å². The lowest BCUT2D eigenvalue weighted by molar-refractivity contribution is 0.102. The minimum Gasteiger partial charge on any atom is -0.361 e. The molecule has 5 rings (SSSR count). The topological polar surface area (TPSA) is 105 Å². The molecule has 5 aromatic rings. The summed E-state index contributed by atoms with van der Waals surface area (Å²) < 4.78 is 14.4. The van der Waals surface area contributed by atoms with Crippen LogP contribution < -0.4 is 16.2 Å². The molecular weight excluding hydrogens is 411 g/mol. The van der Waals surface area contributed by atoms with E-state index in [1.807, 2.05) is 30.5 Å². The van der Waals surface area contributed by atoms with Gasteiger partial charge in [-0.05, 0) is 54.6 Å². The van der Waals surface area contributed by atoms with Crippen molar-refractivity contribution in [3.8, 4) is 0 Å². The molecule has 0 aliphatic carbocycles. The Morgan fingerprint density at radius 1 is 1.03 bits per heavy atom. The summed E-state index contributed by atoms with van der Waals surface area (Å²) in [4.78, 5) is 37.4. The van der Waals surface area contributed by atoms with Gasteiger partial charge in [0.05, 0.1) is 0 Å². The molecule has 3 aromatic heterocycles. The minimum atomic E-state index is -0.596. The first-order valence-corrected chi connectivity index (χ1v) is 9.76. The third-order valence-corrected chi connectivity index (χ3v) is 5.10. The lowest BCUT2D eigenvalue weighted by atomic mass is 10.2. The summed E-state index contributed by atoms with van der Waals surface area (Å²) in [5.41, 5.74) is 2.02. The van der Waals surface area contributed by atoms with Crippen molar-refractivity contribution >= 4 is 45.2 Å². The van der Waals surface area contributed by atoms with Crippen molar-refractivity contribution in [1.29, 1.82) is 0 Å². The molecular formula is C23H17FN6O2. The van der Waals surface area contributed by atoms with Crippen molar-refractivity contribution in [2.75, 3.05) is 10.6 Å². The zero-order valence-electron chi connectivity index (χ0n) is 16.9. The number of halogens is 1. The van der Waals surface area contributed by atoms with Gasteiger partial charge in [-0.1, -0.05) is 0 Å². The van der Waals surface area contributed by atoms with E-state index >= 15 is 0 Å². The summed E-state index contributed by atoms with van der Waals surface area (Å²) in [6.07, 6.45) is 3.41. The molecule has 0 saturated carbocycles. The van der Waals surface area contributed by atoms with Crippen molar-refractivity contribution in [2.24, 2.45) is 7.05 Å². The van der Waals surface area contributed by atoms with Gasteiger partial charge in [0.15, 0.2) is 0 Å². The first-order valence-electron chi connectivity index (χ1n) is 9.76. The maximum Gasteiger partial charge on any atom is 0.264 e. The van der Waals surface area contributed by atoms with Crippen LogP contribution in [-0.2, 0) is 7.05 Å². The van der Waals surface area contributed by atoms with Gasteiger partial charge in [-0.15, -0.1) is 0 Å². The number of aryl methyl sites for hydroxylation is 1. The Labute approximate surface area is 180 Å². The second kappa shape index (κ2) is 7.62. The number of benzene rings is 2. The van der Waals surface area contributed by atoms with Crippen molar-refractivity contribution in [1.82, 2.24) is 19.5 Å². The van der Waals surface area contributed by atoms with Gasteiger partial charge in [-0.2, -0.15) is 4.98 Å². The molecule has 0 unspecified atom stereocenters. The maximum atomic E-state index is 13.1. The van der Waals surface area contributed by atoms with E-state index in [1.165, 1.54) is 34.9 Å². The Kier molecular flexibility index (Phi) is 4.63. The predicted octanol–water partition coefficient (Wildman–Crippen LogP) is 3.94. The second-order valence-corrected chi connectivity index (χ2v) is 7.26. The van der Waals surface area contributed by atoms with E-state index in [0.29, 0.717) is 22.7 Å². The number of H-pyrrole nitrogens is 1. The van der Waals surface area contributed by atoms with Gasteiger partial charge in [0.25, 0.3) is 11.5 Å². The molecule has 0 atom stereocenters. The summed E-state index contributed by atoms with van der Waals surface area (Å²) in [5.74, 6) is -0.689. The molecule has 8 nitrogen and oxygen atoms in total. The molecule has 0 fully saturated rings. The van der Waals surface area contributed by atoms with Gasteiger partial charge in [0.2, 0.25) is 5.95 Å². The standard InChI is InChI=1S/C23H17FN6O2/c1-30-20-14(11-18(22(30)32)21(31)27-16-4-2-15(24)3-5-16)12-26-23(29-20)28-17-6-7-19-13(10-17)8-9-25-19/h2-12,25H,1H3,(H,27,31)(H,26,28,29). The number of aromatic nitrogens is 4. The number of nitrogens with one attached hydrogen (secondary N) is 3. The normalized spacial score (nSPS) is 11.1. The smallest absolute Gasteiger partial charge is 0.264 e. The Balaban J connectivity index is 1.46. The Morgan fingerprint density at radius 2 is 1.81 bits per heavy atom. The van der Waals surface area contributed by atoms with Crippen LogP contribution in [0.15, 0.2) is 71.8 Å². The van der Waals surface area contributed by atoms with Crippen molar-refractivity contribution in [3.05, 3.63) is 88.7 Å². The molecule has 9 heteroatoms. The molecule has 158 valence electrons. The van der Waals surface area contributed by atoms with E-state index in [-0.39, 0.29) is 5.56 Å². The summed E-state index contributed by atoms with van der Waals surface area (Å²) in [7, 11) is 1.54. The fourth-order valence-corrected chi connectivity index (χ4v) is 3.46. The Bertz CT molecular complexity index is 1540. The highest BCUT2D eigenvalue weighted by molar-refractivity contribution is 6.05. The van der Waals surface area contributed by atoms with E-state index in [0.717, 1.165) is 16.6 Å².